The van der Waals surface area contributed by atoms with Crippen molar-refractivity contribution in [2.24, 2.45) is 4.99 Å². The molecule has 0 aliphatic carbocycles. The minimum absolute atomic E-state index is 0.129. The molecule has 0 bridgehead atoms. The number of thioether (sulfide) groups is 1. The van der Waals surface area contributed by atoms with E-state index in [2.05, 4.69) is 33.2 Å². The number of carbonyl (C=O) groups is 1. The second-order valence-electron chi connectivity index (χ2n) is 4.58. The average Bonchev–Trinajstić information content (AvgIpc) is 2.31. The number of hydrogen-bond acceptors (Lipinski definition) is 3. The highest BCUT2D eigenvalue weighted by Gasteiger charge is 2.32. The van der Waals surface area contributed by atoms with Gasteiger partial charge in [-0.15, -0.1) is 0 Å². The van der Waals surface area contributed by atoms with E-state index in [1.54, 1.807) is 12.1 Å². The summed E-state index contributed by atoms with van der Waals surface area (Å²) in [4.78, 5) is 15.4. The molecule has 1 aliphatic heterocycles. The van der Waals surface area contributed by atoms with Gasteiger partial charge in [0.1, 0.15) is 5.82 Å². The van der Waals surface area contributed by atoms with Gasteiger partial charge in [-0.2, -0.15) is 0 Å². The Hall–Kier alpha value is -0.880. The van der Waals surface area contributed by atoms with Gasteiger partial charge in [-0.1, -0.05) is 17.8 Å². The fourth-order valence-electron chi connectivity index (χ4n) is 1.91. The molecule has 102 valence electrons. The average molecular weight is 345 g/mol. The van der Waals surface area contributed by atoms with E-state index >= 15 is 0 Å². The topological polar surface area (TPSA) is 41.5 Å². The molecule has 1 aromatic carbocycles. The van der Waals surface area contributed by atoms with E-state index in [1.807, 2.05) is 0 Å². The van der Waals surface area contributed by atoms with Crippen molar-refractivity contribution in [1.82, 2.24) is 5.32 Å². The molecular formula is C13H14BrFN2OS. The zero-order chi connectivity index (χ0) is 14.0. The van der Waals surface area contributed by atoms with Gasteiger partial charge in [0, 0.05) is 18.2 Å². The number of amidine groups is 1. The van der Waals surface area contributed by atoms with Crippen LogP contribution < -0.4 is 5.32 Å². The van der Waals surface area contributed by atoms with Crippen molar-refractivity contribution in [2.45, 2.75) is 25.0 Å². The minimum Gasteiger partial charge on any atom is -0.306 e. The Balaban J connectivity index is 2.25. The van der Waals surface area contributed by atoms with Crippen LogP contribution in [-0.4, -0.2) is 17.6 Å². The SMILES string of the molecule is CC(=O)NC1=NCC[C@@](C)(c2ccc(F)c(Br)c2)S1. The summed E-state index contributed by atoms with van der Waals surface area (Å²) in [5.74, 6) is -0.403. The van der Waals surface area contributed by atoms with Crippen LogP contribution in [-0.2, 0) is 9.54 Å². The zero-order valence-electron chi connectivity index (χ0n) is 10.7. The summed E-state index contributed by atoms with van der Waals surface area (Å²) in [7, 11) is 0. The van der Waals surface area contributed by atoms with E-state index < -0.39 is 0 Å². The van der Waals surface area contributed by atoms with Gasteiger partial charge in [0.25, 0.3) is 0 Å². The monoisotopic (exact) mass is 344 g/mol. The molecule has 0 saturated carbocycles. The minimum atomic E-state index is -0.274. The molecule has 0 unspecified atom stereocenters. The number of hydrogen-bond donors (Lipinski definition) is 1. The second-order valence-corrected chi connectivity index (χ2v) is 6.93. The van der Waals surface area contributed by atoms with Crippen molar-refractivity contribution in [3.05, 3.63) is 34.1 Å². The maximum atomic E-state index is 13.3. The van der Waals surface area contributed by atoms with E-state index in [0.717, 1.165) is 12.0 Å². The summed E-state index contributed by atoms with van der Waals surface area (Å²) in [6.45, 7) is 4.19. The van der Waals surface area contributed by atoms with Gasteiger partial charge in [0.15, 0.2) is 5.17 Å². The number of nitrogens with one attached hydrogen (secondary N) is 1. The van der Waals surface area contributed by atoms with E-state index in [1.165, 1.54) is 24.8 Å². The Bertz CT molecular complexity index is 549. The van der Waals surface area contributed by atoms with Gasteiger partial charge in [-0.25, -0.2) is 4.39 Å². The largest absolute Gasteiger partial charge is 0.306 e. The Morgan fingerprint density at radius 1 is 1.58 bits per heavy atom. The normalized spacial score (nSPS) is 22.8. The van der Waals surface area contributed by atoms with Crippen molar-refractivity contribution in [2.75, 3.05) is 6.54 Å². The first-order valence-electron chi connectivity index (χ1n) is 5.87. The fourth-order valence-corrected chi connectivity index (χ4v) is 3.51. The molecule has 1 aromatic rings. The van der Waals surface area contributed by atoms with Crippen molar-refractivity contribution in [3.8, 4) is 0 Å². The summed E-state index contributed by atoms with van der Waals surface area (Å²) in [5, 5.41) is 3.35. The van der Waals surface area contributed by atoms with E-state index in [9.17, 15) is 9.18 Å². The smallest absolute Gasteiger partial charge is 0.222 e. The van der Waals surface area contributed by atoms with Crippen molar-refractivity contribution in [3.63, 3.8) is 0 Å². The lowest BCUT2D eigenvalue weighted by Gasteiger charge is -2.32. The number of nitrogens with zero attached hydrogens (tertiary/aromatic N) is 1. The Morgan fingerprint density at radius 3 is 2.95 bits per heavy atom. The van der Waals surface area contributed by atoms with Crippen LogP contribution in [0.1, 0.15) is 25.8 Å². The first-order valence-corrected chi connectivity index (χ1v) is 7.48. The molecule has 0 fully saturated rings. The van der Waals surface area contributed by atoms with Crippen molar-refractivity contribution in [1.29, 1.82) is 0 Å². The molecular weight excluding hydrogens is 331 g/mol. The van der Waals surface area contributed by atoms with E-state index in [0.29, 0.717) is 16.2 Å². The van der Waals surface area contributed by atoms with E-state index in [4.69, 9.17) is 0 Å². The lowest BCUT2D eigenvalue weighted by molar-refractivity contribution is -0.117. The summed E-state index contributed by atoms with van der Waals surface area (Å²) < 4.78 is 13.5. The van der Waals surface area contributed by atoms with Gasteiger partial charge in [0.2, 0.25) is 5.91 Å². The number of aliphatic imine (C=N–C) groups is 1. The summed E-state index contributed by atoms with van der Waals surface area (Å²) in [6.07, 6.45) is 0.846. The number of benzene rings is 1. The highest BCUT2D eigenvalue weighted by Crippen LogP contribution is 2.43. The Morgan fingerprint density at radius 2 is 2.32 bits per heavy atom. The van der Waals surface area contributed by atoms with Crippen LogP contribution in [0.2, 0.25) is 0 Å². The summed E-state index contributed by atoms with van der Waals surface area (Å²) in [5.41, 5.74) is 1.02. The van der Waals surface area contributed by atoms with Gasteiger partial charge >= 0.3 is 0 Å². The van der Waals surface area contributed by atoms with Gasteiger partial charge in [0.05, 0.1) is 4.47 Å². The summed E-state index contributed by atoms with van der Waals surface area (Å²) in [6, 6.07) is 5.03. The third-order valence-electron chi connectivity index (χ3n) is 2.98. The van der Waals surface area contributed by atoms with Gasteiger partial charge in [-0.05, 0) is 47.0 Å². The summed E-state index contributed by atoms with van der Waals surface area (Å²) >= 11 is 4.71. The van der Waals surface area contributed by atoms with Crippen LogP contribution in [0, 0.1) is 5.82 Å². The number of carbonyl (C=O) groups excluding carboxylic acids is 1. The predicted molar refractivity (Wildman–Crippen MR) is 79.8 cm³/mol. The Labute approximate surface area is 124 Å². The van der Waals surface area contributed by atoms with Crippen LogP contribution >= 0.6 is 27.7 Å². The van der Waals surface area contributed by atoms with Crippen LogP contribution in [0.15, 0.2) is 27.7 Å². The third kappa shape index (κ3) is 3.36. The zero-order valence-corrected chi connectivity index (χ0v) is 13.1. The molecule has 19 heavy (non-hydrogen) atoms. The predicted octanol–water partition coefficient (Wildman–Crippen LogP) is 3.43. The van der Waals surface area contributed by atoms with Gasteiger partial charge in [-0.3, -0.25) is 9.79 Å². The molecule has 3 nitrogen and oxygen atoms in total. The highest BCUT2D eigenvalue weighted by molar-refractivity contribution is 9.10. The molecule has 1 heterocycles. The van der Waals surface area contributed by atoms with Crippen molar-refractivity contribution >= 4 is 38.8 Å². The number of amides is 1. The van der Waals surface area contributed by atoms with Gasteiger partial charge < -0.3 is 5.32 Å². The fraction of sp³-hybridized carbons (Fsp3) is 0.385. The molecule has 1 amide bonds. The maximum Gasteiger partial charge on any atom is 0.222 e. The molecule has 2 rings (SSSR count). The Kier molecular flexibility index (Phi) is 4.30. The maximum absolute atomic E-state index is 13.3. The number of rotatable bonds is 1. The molecule has 1 aliphatic rings. The molecule has 0 spiro atoms. The van der Waals surface area contributed by atoms with Crippen LogP contribution in [0.5, 0.6) is 0 Å². The van der Waals surface area contributed by atoms with Crippen LogP contribution in [0.3, 0.4) is 0 Å². The first-order chi connectivity index (χ1) is 8.90. The number of halogens is 2. The van der Waals surface area contributed by atoms with Crippen LogP contribution in [0.25, 0.3) is 0 Å². The third-order valence-corrected chi connectivity index (χ3v) is 4.90. The van der Waals surface area contributed by atoms with Crippen molar-refractivity contribution < 1.29 is 9.18 Å². The molecule has 0 aromatic heterocycles. The lowest BCUT2D eigenvalue weighted by atomic mass is 9.96. The molecule has 1 atom stereocenters. The molecule has 6 heteroatoms. The lowest BCUT2D eigenvalue weighted by Crippen LogP contribution is -2.34. The molecule has 0 radical (unpaired) electrons. The highest BCUT2D eigenvalue weighted by atomic mass is 79.9. The molecule has 0 saturated heterocycles. The van der Waals surface area contributed by atoms with Crippen LogP contribution in [0.4, 0.5) is 4.39 Å². The quantitative estimate of drug-likeness (QED) is 0.847. The van der Waals surface area contributed by atoms with E-state index in [-0.39, 0.29) is 16.5 Å². The first kappa shape index (κ1) is 14.5. The molecule has 1 N–H and O–H groups in total. The standard InChI is InChI=1S/C13H14BrFN2OS/c1-8(18)17-12-16-6-5-13(2,19-12)9-3-4-11(15)10(14)7-9/h3-4,7H,5-6H2,1-2H3,(H,16,17,18)/t13-/m0/s1. The second kappa shape index (κ2) is 5.63.